The number of amides is 2. The van der Waals surface area contributed by atoms with Gasteiger partial charge in [-0.15, -0.1) is 0 Å². The number of nitro groups is 1. The molecule has 0 bridgehead atoms. The molecule has 0 aliphatic carbocycles. The maximum Gasteiger partial charge on any atom is 0.410 e. The van der Waals surface area contributed by atoms with E-state index in [-0.39, 0.29) is 11.8 Å². The molecule has 0 radical (unpaired) electrons. The maximum atomic E-state index is 12.2. The van der Waals surface area contributed by atoms with Gasteiger partial charge in [-0.05, 0) is 64.4 Å². The van der Waals surface area contributed by atoms with Crippen molar-refractivity contribution in [3.8, 4) is 0 Å². The molecule has 0 spiro atoms. The van der Waals surface area contributed by atoms with Gasteiger partial charge in [0.1, 0.15) is 5.60 Å². The number of hydrogen-bond donors (Lipinski definition) is 1. The van der Waals surface area contributed by atoms with Crippen LogP contribution in [0, 0.1) is 22.0 Å². The van der Waals surface area contributed by atoms with Gasteiger partial charge in [0.25, 0.3) is 11.6 Å². The second-order valence-corrected chi connectivity index (χ2v) is 10.6. The van der Waals surface area contributed by atoms with Crippen LogP contribution < -0.4 is 10.6 Å². The Morgan fingerprint density at radius 1 is 1.06 bits per heavy atom. The molecule has 2 amide bonds. The monoisotopic (exact) mass is 474 g/mol. The van der Waals surface area contributed by atoms with Crippen LogP contribution in [0.1, 0.15) is 76.1 Å². The molecule has 0 unspecified atom stereocenters. The molecule has 0 atom stereocenters. The summed E-state index contributed by atoms with van der Waals surface area (Å²) < 4.78 is 5.48. The van der Waals surface area contributed by atoms with Crippen LogP contribution in [0.25, 0.3) is 0 Å². The molecule has 2 aliphatic heterocycles. The molecule has 9 heteroatoms. The van der Waals surface area contributed by atoms with Crippen LogP contribution in [0.15, 0.2) is 18.2 Å². The van der Waals surface area contributed by atoms with Crippen LogP contribution in [-0.2, 0) is 4.74 Å². The fourth-order valence-electron chi connectivity index (χ4n) is 4.99. The molecule has 0 aromatic heterocycles. The quantitative estimate of drug-likeness (QED) is 0.451. The van der Waals surface area contributed by atoms with E-state index in [1.54, 1.807) is 0 Å². The second kappa shape index (κ2) is 11.1. The Morgan fingerprint density at radius 2 is 1.62 bits per heavy atom. The van der Waals surface area contributed by atoms with Crippen molar-refractivity contribution in [1.82, 2.24) is 4.90 Å². The summed E-state index contributed by atoms with van der Waals surface area (Å²) in [5.41, 5.74) is 5.91. The molecule has 2 fully saturated rings. The molecule has 2 saturated heterocycles. The number of carbonyl (C=O) groups is 2. The second-order valence-electron chi connectivity index (χ2n) is 10.6. The summed E-state index contributed by atoms with van der Waals surface area (Å²) in [4.78, 5) is 38.6. The number of rotatable bonds is 7. The van der Waals surface area contributed by atoms with Crippen molar-refractivity contribution >= 4 is 23.4 Å². The fraction of sp³-hybridized carbons (Fsp3) is 0.680. The number of piperidine rings is 2. The van der Waals surface area contributed by atoms with Gasteiger partial charge in [0.15, 0.2) is 0 Å². The molecule has 1 aromatic rings. The van der Waals surface area contributed by atoms with Gasteiger partial charge < -0.3 is 20.3 Å². The van der Waals surface area contributed by atoms with Crippen LogP contribution in [0.3, 0.4) is 0 Å². The number of non-ortho nitro benzene ring substituents is 1. The highest BCUT2D eigenvalue weighted by atomic mass is 16.6. The Bertz CT molecular complexity index is 882. The van der Waals surface area contributed by atoms with E-state index in [2.05, 4.69) is 4.90 Å². The summed E-state index contributed by atoms with van der Waals surface area (Å²) in [5.74, 6) is 0.709. The van der Waals surface area contributed by atoms with Gasteiger partial charge in [0.2, 0.25) is 0 Å². The number of hydrogen-bond acceptors (Lipinski definition) is 6. The number of nitrogens with two attached hydrogens (primary N) is 1. The van der Waals surface area contributed by atoms with Crippen LogP contribution in [0.4, 0.5) is 16.2 Å². The minimum atomic E-state index is -0.565. The number of carbonyl (C=O) groups excluding carboxylic acids is 2. The summed E-state index contributed by atoms with van der Waals surface area (Å²) >= 11 is 0. The van der Waals surface area contributed by atoms with Crippen molar-refractivity contribution in [1.29, 1.82) is 0 Å². The van der Waals surface area contributed by atoms with Crippen molar-refractivity contribution in [3.63, 3.8) is 0 Å². The van der Waals surface area contributed by atoms with Crippen LogP contribution in [0.5, 0.6) is 0 Å². The first kappa shape index (κ1) is 25.8. The van der Waals surface area contributed by atoms with Gasteiger partial charge in [0, 0.05) is 38.3 Å². The lowest BCUT2D eigenvalue weighted by molar-refractivity contribution is -0.384. The van der Waals surface area contributed by atoms with E-state index in [1.807, 2.05) is 25.7 Å². The Kier molecular flexibility index (Phi) is 8.38. The lowest BCUT2D eigenvalue weighted by atomic mass is 9.86. The van der Waals surface area contributed by atoms with Crippen molar-refractivity contribution in [2.24, 2.45) is 17.6 Å². The number of benzene rings is 1. The van der Waals surface area contributed by atoms with Crippen molar-refractivity contribution in [3.05, 3.63) is 33.9 Å². The third-order valence-corrected chi connectivity index (χ3v) is 6.90. The number of anilines is 1. The third-order valence-electron chi connectivity index (χ3n) is 6.90. The minimum absolute atomic E-state index is 0.0279. The van der Waals surface area contributed by atoms with E-state index in [0.29, 0.717) is 23.1 Å². The lowest BCUT2D eigenvalue weighted by Gasteiger charge is -2.35. The van der Waals surface area contributed by atoms with E-state index < -0.39 is 16.4 Å². The van der Waals surface area contributed by atoms with Gasteiger partial charge in [-0.1, -0.05) is 19.3 Å². The molecule has 34 heavy (non-hydrogen) atoms. The number of nitro benzene ring substituents is 1. The van der Waals surface area contributed by atoms with Crippen molar-refractivity contribution in [2.75, 3.05) is 31.1 Å². The standard InChI is InChI=1S/C25H38N4O5/c1-25(2,3)34-24(31)28-15-11-19(12-16-28)6-4-5-18-9-13-27(14-10-18)22-17-20(29(32)33)7-8-21(22)23(26)30/h7-8,17-19H,4-6,9-16H2,1-3H3,(H2,26,30). The van der Waals surface area contributed by atoms with Gasteiger partial charge in [0.05, 0.1) is 16.2 Å². The fourth-order valence-corrected chi connectivity index (χ4v) is 4.99. The highest BCUT2D eigenvalue weighted by Gasteiger charge is 2.28. The van der Waals surface area contributed by atoms with Crippen molar-refractivity contribution < 1.29 is 19.2 Å². The number of ether oxygens (including phenoxy) is 1. The summed E-state index contributed by atoms with van der Waals surface area (Å²) in [5, 5.41) is 11.2. The Morgan fingerprint density at radius 3 is 2.12 bits per heavy atom. The number of primary amides is 1. The molecule has 0 saturated carbocycles. The highest BCUT2D eigenvalue weighted by Crippen LogP contribution is 2.32. The molecular formula is C25H38N4O5. The first-order valence-corrected chi connectivity index (χ1v) is 12.3. The third kappa shape index (κ3) is 7.08. The zero-order valence-corrected chi connectivity index (χ0v) is 20.6. The molecule has 188 valence electrons. The predicted molar refractivity (Wildman–Crippen MR) is 131 cm³/mol. The lowest BCUT2D eigenvalue weighted by Crippen LogP contribution is -2.41. The van der Waals surface area contributed by atoms with Crippen LogP contribution in [-0.4, -0.2) is 53.6 Å². The summed E-state index contributed by atoms with van der Waals surface area (Å²) in [6, 6.07) is 4.24. The van der Waals surface area contributed by atoms with Gasteiger partial charge in [-0.25, -0.2) is 4.79 Å². The zero-order chi connectivity index (χ0) is 24.9. The largest absolute Gasteiger partial charge is 0.444 e. The average molecular weight is 475 g/mol. The highest BCUT2D eigenvalue weighted by molar-refractivity contribution is 5.99. The zero-order valence-electron chi connectivity index (χ0n) is 20.6. The first-order valence-electron chi connectivity index (χ1n) is 12.3. The summed E-state index contributed by atoms with van der Waals surface area (Å²) in [6.45, 7) is 8.74. The van der Waals surface area contributed by atoms with Gasteiger partial charge in [-0.3, -0.25) is 14.9 Å². The molecule has 2 heterocycles. The maximum absolute atomic E-state index is 12.2. The first-order chi connectivity index (χ1) is 16.0. The smallest absolute Gasteiger partial charge is 0.410 e. The van der Waals surface area contributed by atoms with E-state index in [9.17, 15) is 19.7 Å². The molecule has 2 N–H and O–H groups in total. The Balaban J connectivity index is 1.41. The Hall–Kier alpha value is -2.84. The van der Waals surface area contributed by atoms with E-state index >= 15 is 0 Å². The molecule has 2 aliphatic rings. The van der Waals surface area contributed by atoms with Crippen molar-refractivity contribution in [2.45, 2.75) is 71.3 Å². The molecule has 1 aromatic carbocycles. The van der Waals surface area contributed by atoms with E-state index in [1.165, 1.54) is 31.0 Å². The molecular weight excluding hydrogens is 436 g/mol. The van der Waals surface area contributed by atoms with Crippen LogP contribution >= 0.6 is 0 Å². The number of nitrogens with zero attached hydrogens (tertiary/aromatic N) is 3. The van der Waals surface area contributed by atoms with E-state index in [4.69, 9.17) is 10.5 Å². The van der Waals surface area contributed by atoms with Gasteiger partial charge in [-0.2, -0.15) is 0 Å². The summed E-state index contributed by atoms with van der Waals surface area (Å²) in [7, 11) is 0. The van der Waals surface area contributed by atoms with Gasteiger partial charge >= 0.3 is 6.09 Å². The normalized spacial score (nSPS) is 18.1. The predicted octanol–water partition coefficient (Wildman–Crippen LogP) is 4.73. The SMILES string of the molecule is CC(C)(C)OC(=O)N1CCC(CCCC2CCN(c3cc([N+](=O)[O-])ccc3C(N)=O)CC2)CC1. The van der Waals surface area contributed by atoms with E-state index in [0.717, 1.165) is 58.3 Å². The minimum Gasteiger partial charge on any atom is -0.444 e. The molecule has 9 nitrogen and oxygen atoms in total. The topological polar surface area (TPSA) is 119 Å². The summed E-state index contributed by atoms with van der Waals surface area (Å²) in [6.07, 6.45) is 7.36. The molecule has 3 rings (SSSR count). The number of likely N-dealkylation sites (tertiary alicyclic amines) is 1. The Labute approximate surface area is 201 Å². The average Bonchev–Trinajstić information content (AvgIpc) is 2.78. The van der Waals surface area contributed by atoms with Crippen LogP contribution in [0.2, 0.25) is 0 Å².